The number of hydrogen-bond acceptors (Lipinski definition) is 4. The number of fused-ring (bicyclic) bond motifs is 1. The van der Waals surface area contributed by atoms with Crippen molar-refractivity contribution in [2.75, 3.05) is 37.7 Å². The first-order valence-corrected chi connectivity index (χ1v) is 8.86. The van der Waals surface area contributed by atoms with Gasteiger partial charge in [0.2, 0.25) is 0 Å². The van der Waals surface area contributed by atoms with E-state index in [-0.39, 0.29) is 12.5 Å². The molecule has 0 radical (unpaired) electrons. The van der Waals surface area contributed by atoms with E-state index in [9.17, 15) is 4.79 Å². The number of aromatic amines is 1. The van der Waals surface area contributed by atoms with E-state index in [2.05, 4.69) is 27.0 Å². The number of nitrogens with one attached hydrogen (secondary N) is 1. The summed E-state index contributed by atoms with van der Waals surface area (Å²) in [5.74, 6) is 1.68. The third-order valence-electron chi connectivity index (χ3n) is 4.69. The maximum absolute atomic E-state index is 12.4. The summed E-state index contributed by atoms with van der Waals surface area (Å²) in [6.07, 6.45) is 0. The molecule has 1 aliphatic heterocycles. The summed E-state index contributed by atoms with van der Waals surface area (Å²) in [4.78, 5) is 24.3. The van der Waals surface area contributed by atoms with Gasteiger partial charge in [-0.3, -0.25) is 4.79 Å². The van der Waals surface area contributed by atoms with Crippen molar-refractivity contribution in [2.45, 2.75) is 6.92 Å². The monoisotopic (exact) mass is 350 g/mol. The molecule has 0 bridgehead atoms. The molecule has 1 saturated heterocycles. The molecule has 0 spiro atoms. The van der Waals surface area contributed by atoms with Crippen LogP contribution in [-0.4, -0.2) is 53.6 Å². The van der Waals surface area contributed by atoms with E-state index in [1.54, 1.807) is 0 Å². The van der Waals surface area contributed by atoms with Crippen LogP contribution in [0.4, 0.5) is 5.69 Å². The molecule has 0 unspecified atom stereocenters. The van der Waals surface area contributed by atoms with Crippen LogP contribution < -0.4 is 9.64 Å². The zero-order valence-corrected chi connectivity index (χ0v) is 14.8. The molecule has 0 saturated carbocycles. The smallest absolute Gasteiger partial charge is 0.260 e. The molecule has 1 aliphatic rings. The van der Waals surface area contributed by atoms with Gasteiger partial charge in [0.25, 0.3) is 5.91 Å². The lowest BCUT2D eigenvalue weighted by Gasteiger charge is -2.36. The van der Waals surface area contributed by atoms with Gasteiger partial charge in [0, 0.05) is 31.9 Å². The van der Waals surface area contributed by atoms with E-state index in [0.717, 1.165) is 41.4 Å². The molecule has 1 fully saturated rings. The zero-order chi connectivity index (χ0) is 17.9. The van der Waals surface area contributed by atoms with Crippen molar-refractivity contribution in [3.63, 3.8) is 0 Å². The highest BCUT2D eigenvalue weighted by Gasteiger charge is 2.22. The van der Waals surface area contributed by atoms with Gasteiger partial charge in [-0.15, -0.1) is 0 Å². The Hall–Kier alpha value is -3.02. The normalized spacial score (nSPS) is 14.7. The van der Waals surface area contributed by atoms with Crippen molar-refractivity contribution in [3.8, 4) is 5.75 Å². The van der Waals surface area contributed by atoms with Crippen molar-refractivity contribution >= 4 is 22.6 Å². The summed E-state index contributed by atoms with van der Waals surface area (Å²) in [6.45, 7) is 5.09. The highest BCUT2D eigenvalue weighted by atomic mass is 16.5. The number of carbonyl (C=O) groups is 1. The molecule has 6 heteroatoms. The summed E-state index contributed by atoms with van der Waals surface area (Å²) in [6, 6.07) is 15.7. The molecule has 26 heavy (non-hydrogen) atoms. The number of hydrogen-bond donors (Lipinski definition) is 1. The van der Waals surface area contributed by atoms with Gasteiger partial charge in [0.1, 0.15) is 11.6 Å². The van der Waals surface area contributed by atoms with Crippen LogP contribution in [0, 0.1) is 6.92 Å². The minimum absolute atomic E-state index is 0.0353. The van der Waals surface area contributed by atoms with Crippen LogP contribution in [-0.2, 0) is 4.79 Å². The van der Waals surface area contributed by atoms with Gasteiger partial charge >= 0.3 is 0 Å². The first-order valence-electron chi connectivity index (χ1n) is 8.86. The van der Waals surface area contributed by atoms with Gasteiger partial charge in [0.05, 0.1) is 11.0 Å². The van der Waals surface area contributed by atoms with Gasteiger partial charge in [-0.05, 0) is 37.3 Å². The summed E-state index contributed by atoms with van der Waals surface area (Å²) >= 11 is 0. The fourth-order valence-electron chi connectivity index (χ4n) is 3.29. The number of imidazole rings is 1. The number of rotatable bonds is 4. The number of nitrogens with zero attached hydrogens (tertiary/aromatic N) is 3. The van der Waals surface area contributed by atoms with E-state index in [1.807, 2.05) is 48.2 Å². The fraction of sp³-hybridized carbons (Fsp3) is 0.300. The van der Waals surface area contributed by atoms with Crippen molar-refractivity contribution in [3.05, 3.63) is 54.4 Å². The fourth-order valence-corrected chi connectivity index (χ4v) is 3.29. The quantitative estimate of drug-likeness (QED) is 0.786. The standard InChI is InChI=1S/C20H22N4O2/c1-15-21-18-8-7-16(13-19(18)22-15)23-9-11-24(12-10-23)20(25)14-26-17-5-3-2-4-6-17/h2-8,13H,9-12,14H2,1H3,(H,21,22). The Morgan fingerprint density at radius 3 is 2.65 bits per heavy atom. The van der Waals surface area contributed by atoms with Crippen molar-refractivity contribution in [1.29, 1.82) is 0 Å². The SMILES string of the molecule is Cc1nc2ccc(N3CCN(C(=O)COc4ccccc4)CC3)cc2[nH]1. The lowest BCUT2D eigenvalue weighted by atomic mass is 10.2. The minimum Gasteiger partial charge on any atom is -0.484 e. The van der Waals surface area contributed by atoms with E-state index < -0.39 is 0 Å². The Morgan fingerprint density at radius 2 is 1.88 bits per heavy atom. The molecule has 0 atom stereocenters. The highest BCUT2D eigenvalue weighted by molar-refractivity contribution is 5.80. The third kappa shape index (κ3) is 3.49. The number of aryl methyl sites for hydroxylation is 1. The Balaban J connectivity index is 1.33. The van der Waals surface area contributed by atoms with Crippen LogP contribution in [0.2, 0.25) is 0 Å². The number of carbonyl (C=O) groups excluding carboxylic acids is 1. The second-order valence-corrected chi connectivity index (χ2v) is 6.49. The molecule has 0 aliphatic carbocycles. The van der Waals surface area contributed by atoms with Gasteiger partial charge in [0.15, 0.2) is 6.61 Å². The van der Waals surface area contributed by atoms with Gasteiger partial charge in [-0.1, -0.05) is 18.2 Å². The number of piperazine rings is 1. The molecular weight excluding hydrogens is 328 g/mol. The second kappa shape index (κ2) is 7.07. The number of amides is 1. The molecule has 1 aromatic heterocycles. The average molecular weight is 350 g/mol. The zero-order valence-electron chi connectivity index (χ0n) is 14.8. The molecule has 1 N–H and O–H groups in total. The molecule has 3 aromatic rings. The van der Waals surface area contributed by atoms with Crippen LogP contribution in [0.3, 0.4) is 0 Å². The Bertz CT molecular complexity index is 899. The Labute approximate surface area is 152 Å². The van der Waals surface area contributed by atoms with E-state index >= 15 is 0 Å². The lowest BCUT2D eigenvalue weighted by Crippen LogP contribution is -2.50. The van der Waals surface area contributed by atoms with Crippen LogP contribution >= 0.6 is 0 Å². The molecule has 134 valence electrons. The summed E-state index contributed by atoms with van der Waals surface area (Å²) in [5.41, 5.74) is 3.20. The number of anilines is 1. The first-order chi connectivity index (χ1) is 12.7. The number of ether oxygens (including phenoxy) is 1. The van der Waals surface area contributed by atoms with Gasteiger partial charge < -0.3 is 19.5 Å². The van der Waals surface area contributed by atoms with Crippen LogP contribution in [0.15, 0.2) is 48.5 Å². The van der Waals surface area contributed by atoms with Crippen molar-refractivity contribution in [2.24, 2.45) is 0 Å². The number of benzene rings is 2. The van der Waals surface area contributed by atoms with Crippen LogP contribution in [0.5, 0.6) is 5.75 Å². The summed E-state index contributed by atoms with van der Waals surface area (Å²) in [5, 5.41) is 0. The molecule has 6 nitrogen and oxygen atoms in total. The Kier molecular flexibility index (Phi) is 4.48. The predicted molar refractivity (Wildman–Crippen MR) is 102 cm³/mol. The second-order valence-electron chi connectivity index (χ2n) is 6.49. The number of para-hydroxylation sites is 1. The number of aromatic nitrogens is 2. The minimum atomic E-state index is 0.0353. The molecule has 1 amide bonds. The molecular formula is C20H22N4O2. The van der Waals surface area contributed by atoms with Gasteiger partial charge in [-0.2, -0.15) is 0 Å². The molecule has 2 aromatic carbocycles. The van der Waals surface area contributed by atoms with E-state index in [1.165, 1.54) is 0 Å². The average Bonchev–Trinajstić information content (AvgIpc) is 3.06. The summed E-state index contributed by atoms with van der Waals surface area (Å²) in [7, 11) is 0. The van der Waals surface area contributed by atoms with E-state index in [0.29, 0.717) is 13.1 Å². The van der Waals surface area contributed by atoms with Gasteiger partial charge in [-0.25, -0.2) is 4.98 Å². The van der Waals surface area contributed by atoms with E-state index in [4.69, 9.17) is 4.74 Å². The van der Waals surface area contributed by atoms with Crippen LogP contribution in [0.1, 0.15) is 5.82 Å². The topological polar surface area (TPSA) is 61.5 Å². The molecule has 2 heterocycles. The highest BCUT2D eigenvalue weighted by Crippen LogP contribution is 2.22. The number of H-pyrrole nitrogens is 1. The largest absolute Gasteiger partial charge is 0.484 e. The Morgan fingerprint density at radius 1 is 1.12 bits per heavy atom. The van der Waals surface area contributed by atoms with Crippen molar-refractivity contribution < 1.29 is 9.53 Å². The first kappa shape index (κ1) is 16.4. The maximum Gasteiger partial charge on any atom is 0.260 e. The predicted octanol–water partition coefficient (Wildman–Crippen LogP) is 2.60. The maximum atomic E-state index is 12.4. The third-order valence-corrected chi connectivity index (χ3v) is 4.69. The van der Waals surface area contributed by atoms with Crippen molar-refractivity contribution in [1.82, 2.24) is 14.9 Å². The lowest BCUT2D eigenvalue weighted by molar-refractivity contribution is -0.133. The summed E-state index contributed by atoms with van der Waals surface area (Å²) < 4.78 is 5.57. The van der Waals surface area contributed by atoms with Crippen LogP contribution in [0.25, 0.3) is 11.0 Å². The molecule has 4 rings (SSSR count).